The maximum atomic E-state index is 12.9. The van der Waals surface area contributed by atoms with Crippen molar-refractivity contribution in [1.29, 1.82) is 0 Å². The van der Waals surface area contributed by atoms with E-state index in [2.05, 4.69) is 17.5 Å². The van der Waals surface area contributed by atoms with Crippen LogP contribution in [-0.2, 0) is 14.4 Å². The highest BCUT2D eigenvalue weighted by molar-refractivity contribution is 6.06. The molecule has 2 saturated carbocycles. The van der Waals surface area contributed by atoms with Gasteiger partial charge in [0.2, 0.25) is 17.7 Å². The number of ether oxygens (including phenoxy) is 1. The molecule has 6 heteroatoms. The van der Waals surface area contributed by atoms with Crippen molar-refractivity contribution in [1.82, 2.24) is 4.90 Å². The van der Waals surface area contributed by atoms with Crippen molar-refractivity contribution in [2.45, 2.75) is 12.8 Å². The van der Waals surface area contributed by atoms with Crippen LogP contribution >= 0.6 is 0 Å². The number of hydrogen-bond acceptors (Lipinski definition) is 4. The van der Waals surface area contributed by atoms with Crippen LogP contribution in [0.15, 0.2) is 36.4 Å². The first-order valence-electron chi connectivity index (χ1n) is 9.56. The first-order valence-corrected chi connectivity index (χ1v) is 9.56. The molecular weight excluding hydrogens is 344 g/mol. The number of imide groups is 1. The number of nitrogens with zero attached hydrogens (tertiary/aromatic N) is 1. The van der Waals surface area contributed by atoms with Crippen LogP contribution < -0.4 is 10.1 Å². The Hall–Kier alpha value is -2.63. The minimum Gasteiger partial charge on any atom is -0.497 e. The van der Waals surface area contributed by atoms with E-state index in [0.717, 1.165) is 6.42 Å². The highest BCUT2D eigenvalue weighted by Gasteiger charge is 2.66. The zero-order chi connectivity index (χ0) is 18.7. The van der Waals surface area contributed by atoms with E-state index in [9.17, 15) is 14.4 Å². The van der Waals surface area contributed by atoms with Crippen LogP contribution in [-0.4, -0.2) is 36.3 Å². The fraction of sp³-hybridized carbons (Fsp3) is 0.476. The number of carbonyl (C=O) groups is 3. The van der Waals surface area contributed by atoms with Crippen molar-refractivity contribution < 1.29 is 19.1 Å². The fourth-order valence-corrected chi connectivity index (χ4v) is 5.35. The zero-order valence-corrected chi connectivity index (χ0v) is 15.1. The normalized spacial score (nSPS) is 35.1. The van der Waals surface area contributed by atoms with Crippen molar-refractivity contribution in [2.75, 3.05) is 19.0 Å². The van der Waals surface area contributed by atoms with E-state index in [0.29, 0.717) is 23.3 Å². The molecule has 2 bridgehead atoms. The highest BCUT2D eigenvalue weighted by atomic mass is 16.5. The van der Waals surface area contributed by atoms with E-state index in [1.54, 1.807) is 31.4 Å². The second-order valence-electron chi connectivity index (χ2n) is 8.01. The van der Waals surface area contributed by atoms with Crippen LogP contribution in [0.3, 0.4) is 0 Å². The summed E-state index contributed by atoms with van der Waals surface area (Å²) in [6, 6.07) is 7.05. The largest absolute Gasteiger partial charge is 0.497 e. The lowest BCUT2D eigenvalue weighted by Crippen LogP contribution is -2.40. The zero-order valence-electron chi connectivity index (χ0n) is 15.1. The molecule has 5 aliphatic rings. The van der Waals surface area contributed by atoms with Crippen molar-refractivity contribution in [2.24, 2.45) is 35.5 Å². The van der Waals surface area contributed by atoms with E-state index in [4.69, 9.17) is 4.74 Å². The number of allylic oxidation sites excluding steroid dienone is 2. The Labute approximate surface area is 157 Å². The standard InChI is InChI=1S/C21H22N2O4/c1-27-12-4-2-11(3-5-12)22-17(24)8-9-23-20(25)18-13-6-7-14(16-10-15(13)16)19(18)21(23)26/h2-7,13-16,18-19H,8-10H2,1H3,(H,22,24)/t13-,14+,15-,16-,18+,19-/m1/s1. The Morgan fingerprint density at radius 3 is 2.22 bits per heavy atom. The topological polar surface area (TPSA) is 75.7 Å². The van der Waals surface area contributed by atoms with Crippen molar-refractivity contribution in [3.63, 3.8) is 0 Å². The Morgan fingerprint density at radius 1 is 1.07 bits per heavy atom. The molecule has 0 radical (unpaired) electrons. The first kappa shape index (κ1) is 16.5. The maximum absolute atomic E-state index is 12.9. The van der Waals surface area contributed by atoms with Crippen LogP contribution in [0, 0.1) is 35.5 Å². The molecule has 6 atom stereocenters. The molecule has 140 valence electrons. The van der Waals surface area contributed by atoms with E-state index < -0.39 is 0 Å². The van der Waals surface area contributed by atoms with Gasteiger partial charge in [-0.25, -0.2) is 0 Å². The van der Waals surface area contributed by atoms with Gasteiger partial charge in [-0.05, 0) is 54.4 Å². The number of methoxy groups -OCH3 is 1. The summed E-state index contributed by atoms with van der Waals surface area (Å²) in [5, 5.41) is 2.80. The fourth-order valence-electron chi connectivity index (χ4n) is 5.35. The van der Waals surface area contributed by atoms with Gasteiger partial charge in [-0.3, -0.25) is 19.3 Å². The molecule has 0 aromatic heterocycles. The van der Waals surface area contributed by atoms with E-state index >= 15 is 0 Å². The molecule has 27 heavy (non-hydrogen) atoms. The van der Waals surface area contributed by atoms with E-state index in [-0.39, 0.29) is 54.4 Å². The molecule has 3 fully saturated rings. The Balaban J connectivity index is 1.22. The van der Waals surface area contributed by atoms with Gasteiger partial charge in [0, 0.05) is 18.7 Å². The molecule has 6 nitrogen and oxygen atoms in total. The van der Waals surface area contributed by atoms with Gasteiger partial charge >= 0.3 is 0 Å². The number of benzene rings is 1. The first-order chi connectivity index (χ1) is 13.1. The van der Waals surface area contributed by atoms with Crippen molar-refractivity contribution >= 4 is 23.4 Å². The van der Waals surface area contributed by atoms with Crippen molar-refractivity contribution in [3.05, 3.63) is 36.4 Å². The van der Waals surface area contributed by atoms with Gasteiger partial charge in [-0.15, -0.1) is 0 Å². The highest BCUT2D eigenvalue weighted by Crippen LogP contribution is 2.65. The van der Waals surface area contributed by atoms with Crippen LogP contribution in [0.2, 0.25) is 0 Å². The Kier molecular flexibility index (Phi) is 3.64. The second-order valence-corrected chi connectivity index (χ2v) is 8.01. The molecule has 1 saturated heterocycles. The predicted octanol–water partition coefficient (Wildman–Crippen LogP) is 2.08. The molecule has 1 aliphatic heterocycles. The molecule has 1 aromatic rings. The smallest absolute Gasteiger partial charge is 0.233 e. The molecule has 0 spiro atoms. The van der Waals surface area contributed by atoms with Gasteiger partial charge in [0.25, 0.3) is 0 Å². The van der Waals surface area contributed by atoms with E-state index in [1.165, 1.54) is 4.90 Å². The molecule has 3 amide bonds. The minimum absolute atomic E-state index is 0.0769. The van der Waals surface area contributed by atoms with E-state index in [1.807, 2.05) is 0 Å². The quantitative estimate of drug-likeness (QED) is 0.639. The summed E-state index contributed by atoms with van der Waals surface area (Å²) >= 11 is 0. The average Bonchev–Trinajstić information content (AvgIpc) is 3.46. The third-order valence-corrected chi connectivity index (χ3v) is 6.69. The summed E-state index contributed by atoms with van der Waals surface area (Å²) in [5.74, 6) is 1.59. The number of hydrogen-bond donors (Lipinski definition) is 1. The summed E-state index contributed by atoms with van der Waals surface area (Å²) in [6.07, 6.45) is 5.58. The Morgan fingerprint density at radius 2 is 1.67 bits per heavy atom. The number of anilines is 1. The van der Waals surface area contributed by atoms with Gasteiger partial charge in [-0.1, -0.05) is 12.2 Å². The van der Waals surface area contributed by atoms with Gasteiger partial charge in [0.1, 0.15) is 5.75 Å². The molecular formula is C21H22N2O4. The minimum atomic E-state index is -0.209. The molecule has 0 unspecified atom stereocenters. The summed E-state index contributed by atoms with van der Waals surface area (Å²) in [5.41, 5.74) is 0.663. The monoisotopic (exact) mass is 366 g/mol. The number of carbonyl (C=O) groups excluding carboxylic acids is 3. The van der Waals surface area contributed by atoms with Crippen LogP contribution in [0.25, 0.3) is 0 Å². The maximum Gasteiger partial charge on any atom is 0.233 e. The second kappa shape index (κ2) is 5.94. The average molecular weight is 366 g/mol. The summed E-state index contributed by atoms with van der Waals surface area (Å²) < 4.78 is 5.09. The lowest BCUT2D eigenvalue weighted by atomic mass is 9.63. The third-order valence-electron chi connectivity index (χ3n) is 6.69. The molecule has 1 N–H and O–H groups in total. The number of likely N-dealkylation sites (tertiary alicyclic amines) is 1. The third kappa shape index (κ3) is 2.50. The summed E-state index contributed by atoms with van der Waals surface area (Å²) in [7, 11) is 1.58. The van der Waals surface area contributed by atoms with Crippen LogP contribution in [0.1, 0.15) is 12.8 Å². The van der Waals surface area contributed by atoms with Gasteiger partial charge in [0.15, 0.2) is 0 Å². The number of nitrogens with one attached hydrogen (secondary N) is 1. The molecule has 6 rings (SSSR count). The van der Waals surface area contributed by atoms with Crippen LogP contribution in [0.4, 0.5) is 5.69 Å². The predicted molar refractivity (Wildman–Crippen MR) is 97.7 cm³/mol. The van der Waals surface area contributed by atoms with Gasteiger partial charge in [0.05, 0.1) is 18.9 Å². The molecule has 1 aromatic carbocycles. The lowest BCUT2D eigenvalue weighted by Gasteiger charge is -2.37. The summed E-state index contributed by atoms with van der Waals surface area (Å²) in [4.78, 5) is 39.3. The number of amides is 3. The van der Waals surface area contributed by atoms with Crippen LogP contribution in [0.5, 0.6) is 5.75 Å². The molecule has 4 aliphatic carbocycles. The van der Waals surface area contributed by atoms with Gasteiger partial charge in [-0.2, -0.15) is 0 Å². The van der Waals surface area contributed by atoms with Crippen molar-refractivity contribution in [3.8, 4) is 5.75 Å². The SMILES string of the molecule is COc1ccc(NC(=O)CCN2C(=O)[C@@H]3[C@H]4C=C[C@H]([C@H]5C[C@H]45)[C@@H]3C2=O)cc1. The van der Waals surface area contributed by atoms with Gasteiger partial charge < -0.3 is 10.1 Å². The lowest BCUT2D eigenvalue weighted by molar-refractivity contribution is -0.140. The number of rotatable bonds is 5. The summed E-state index contributed by atoms with van der Waals surface area (Å²) in [6.45, 7) is 0.154. The Bertz CT molecular complexity index is 810. The molecule has 1 heterocycles.